The number of fused-ring (bicyclic) bond motifs is 1. The number of carbonyl (C=O) groups is 2. The van der Waals surface area contributed by atoms with Crippen LogP contribution in [-0.4, -0.2) is 57.8 Å². The normalized spacial score (nSPS) is 15.8. The van der Waals surface area contributed by atoms with Crippen molar-refractivity contribution >= 4 is 34.1 Å². The van der Waals surface area contributed by atoms with Crippen LogP contribution in [0.25, 0.3) is 21.3 Å². The summed E-state index contributed by atoms with van der Waals surface area (Å²) in [6.45, 7) is 4.95. The third-order valence-electron chi connectivity index (χ3n) is 5.63. The van der Waals surface area contributed by atoms with Crippen molar-refractivity contribution in [2.45, 2.75) is 20.1 Å². The molecular weight excluding hydrogens is 438 g/mol. The van der Waals surface area contributed by atoms with Crippen LogP contribution in [0.3, 0.4) is 0 Å². The zero-order chi connectivity index (χ0) is 22.9. The second-order valence-corrected chi connectivity index (χ2v) is 9.16. The Morgan fingerprint density at radius 1 is 1.24 bits per heavy atom. The molecular formula is C24H23N5O3S. The van der Waals surface area contributed by atoms with E-state index in [9.17, 15) is 9.59 Å². The van der Waals surface area contributed by atoms with Crippen molar-refractivity contribution in [3.63, 3.8) is 0 Å². The molecule has 0 radical (unpaired) electrons. The van der Waals surface area contributed by atoms with E-state index in [-0.39, 0.29) is 18.4 Å². The minimum Gasteiger partial charge on any atom is -0.355 e. The highest BCUT2D eigenvalue weighted by atomic mass is 32.1. The Balaban J connectivity index is 1.34. The number of aryl methyl sites for hydroxylation is 2. The van der Waals surface area contributed by atoms with E-state index in [1.165, 1.54) is 11.3 Å². The fourth-order valence-corrected chi connectivity index (χ4v) is 4.95. The van der Waals surface area contributed by atoms with Crippen LogP contribution < -0.4 is 5.32 Å². The van der Waals surface area contributed by atoms with Crippen LogP contribution in [0.1, 0.15) is 31.4 Å². The van der Waals surface area contributed by atoms with Gasteiger partial charge in [0, 0.05) is 11.9 Å². The summed E-state index contributed by atoms with van der Waals surface area (Å²) in [7, 11) is 0. The van der Waals surface area contributed by atoms with Gasteiger partial charge >= 0.3 is 0 Å². The van der Waals surface area contributed by atoms with E-state index in [2.05, 4.69) is 26.6 Å². The Bertz CT molecular complexity index is 1340. The molecule has 9 heteroatoms. The van der Waals surface area contributed by atoms with Gasteiger partial charge in [-0.05, 0) is 25.5 Å². The Hall–Kier alpha value is -3.56. The van der Waals surface area contributed by atoms with Crippen molar-refractivity contribution in [1.29, 1.82) is 0 Å². The Kier molecular flexibility index (Phi) is 5.65. The summed E-state index contributed by atoms with van der Waals surface area (Å²) in [5, 5.41) is 11.4. The fraction of sp³-hybridized carbons (Fsp3) is 0.250. The molecule has 0 saturated carbocycles. The Labute approximate surface area is 194 Å². The van der Waals surface area contributed by atoms with Gasteiger partial charge in [0.15, 0.2) is 0 Å². The molecule has 2 amide bonds. The maximum absolute atomic E-state index is 13.5. The summed E-state index contributed by atoms with van der Waals surface area (Å²) in [5.74, 6) is -0.444. The third kappa shape index (κ3) is 4.12. The number of hydrogen-bond donors (Lipinski definition) is 2. The molecule has 2 N–H and O–H groups in total. The van der Waals surface area contributed by atoms with Gasteiger partial charge in [-0.3, -0.25) is 14.7 Å². The summed E-state index contributed by atoms with van der Waals surface area (Å²) in [6.07, 6.45) is 1.11. The number of aromatic nitrogens is 3. The SMILES string of the molecule is Cc1cccc(-c2sc(C)nc2C(=O)N2CCOC2CNC(=O)c2cccc3cn[nH]c23)c1. The number of nitrogens with one attached hydrogen (secondary N) is 2. The molecule has 1 unspecified atom stereocenters. The highest BCUT2D eigenvalue weighted by Crippen LogP contribution is 2.32. The molecule has 1 atom stereocenters. The summed E-state index contributed by atoms with van der Waals surface area (Å²) >= 11 is 1.50. The molecule has 0 aliphatic carbocycles. The molecule has 1 aliphatic rings. The second-order valence-electron chi connectivity index (χ2n) is 7.95. The molecule has 33 heavy (non-hydrogen) atoms. The maximum Gasteiger partial charge on any atom is 0.276 e. The molecule has 4 aromatic rings. The number of carbonyl (C=O) groups excluding carboxylic acids is 2. The monoisotopic (exact) mass is 461 g/mol. The number of hydrogen-bond acceptors (Lipinski definition) is 6. The Morgan fingerprint density at radius 3 is 2.94 bits per heavy atom. The minimum atomic E-state index is -0.560. The van der Waals surface area contributed by atoms with Gasteiger partial charge < -0.3 is 15.0 Å². The summed E-state index contributed by atoms with van der Waals surface area (Å²) in [4.78, 5) is 33.3. The van der Waals surface area contributed by atoms with E-state index in [1.54, 1.807) is 17.2 Å². The van der Waals surface area contributed by atoms with Gasteiger partial charge in [0.05, 0.1) is 40.3 Å². The fourth-order valence-electron chi connectivity index (χ4n) is 4.05. The van der Waals surface area contributed by atoms with Crippen molar-refractivity contribution in [2.75, 3.05) is 19.7 Å². The first-order valence-electron chi connectivity index (χ1n) is 10.7. The van der Waals surface area contributed by atoms with Gasteiger partial charge in [0.1, 0.15) is 11.9 Å². The number of rotatable bonds is 5. The molecule has 1 saturated heterocycles. The van der Waals surface area contributed by atoms with Crippen LogP contribution in [0.5, 0.6) is 0 Å². The second kappa shape index (κ2) is 8.76. The first-order chi connectivity index (χ1) is 16.0. The summed E-state index contributed by atoms with van der Waals surface area (Å²) < 4.78 is 5.78. The largest absolute Gasteiger partial charge is 0.355 e. The quantitative estimate of drug-likeness (QED) is 0.474. The summed E-state index contributed by atoms with van der Waals surface area (Å²) in [6, 6.07) is 13.5. The first kappa shape index (κ1) is 21.3. The van der Waals surface area contributed by atoms with Crippen LogP contribution in [0, 0.1) is 13.8 Å². The van der Waals surface area contributed by atoms with Gasteiger partial charge in [-0.1, -0.05) is 42.0 Å². The minimum absolute atomic E-state index is 0.179. The summed E-state index contributed by atoms with van der Waals surface area (Å²) in [5.41, 5.74) is 3.69. The molecule has 2 aromatic heterocycles. The number of benzene rings is 2. The van der Waals surface area contributed by atoms with Gasteiger partial charge in [0.25, 0.3) is 11.8 Å². The first-order valence-corrected chi connectivity index (χ1v) is 11.5. The predicted molar refractivity (Wildman–Crippen MR) is 126 cm³/mol. The van der Waals surface area contributed by atoms with Gasteiger partial charge in [-0.2, -0.15) is 5.10 Å². The third-order valence-corrected chi connectivity index (χ3v) is 6.65. The smallest absolute Gasteiger partial charge is 0.276 e. The highest BCUT2D eigenvalue weighted by Gasteiger charge is 2.33. The van der Waals surface area contributed by atoms with Crippen LogP contribution in [0.2, 0.25) is 0 Å². The van der Waals surface area contributed by atoms with Crippen LogP contribution in [0.15, 0.2) is 48.7 Å². The molecule has 1 aliphatic heterocycles. The predicted octanol–water partition coefficient (Wildman–Crippen LogP) is 3.53. The molecule has 5 rings (SSSR count). The van der Waals surface area contributed by atoms with Crippen LogP contribution >= 0.6 is 11.3 Å². The molecule has 2 aromatic carbocycles. The van der Waals surface area contributed by atoms with E-state index in [1.807, 2.05) is 44.2 Å². The van der Waals surface area contributed by atoms with Crippen LogP contribution in [0.4, 0.5) is 0 Å². The van der Waals surface area contributed by atoms with Crippen molar-refractivity contribution in [1.82, 2.24) is 25.4 Å². The number of H-pyrrole nitrogens is 1. The zero-order valence-corrected chi connectivity index (χ0v) is 19.1. The van der Waals surface area contributed by atoms with E-state index < -0.39 is 6.23 Å². The average Bonchev–Trinajstić information content (AvgIpc) is 3.55. The van der Waals surface area contributed by atoms with Gasteiger partial charge in [-0.15, -0.1) is 11.3 Å². The van der Waals surface area contributed by atoms with E-state index >= 15 is 0 Å². The Morgan fingerprint density at radius 2 is 2.09 bits per heavy atom. The van der Waals surface area contributed by atoms with Gasteiger partial charge in [-0.25, -0.2) is 4.98 Å². The van der Waals surface area contributed by atoms with Crippen molar-refractivity contribution in [2.24, 2.45) is 0 Å². The van der Waals surface area contributed by atoms with Crippen LogP contribution in [-0.2, 0) is 4.74 Å². The number of thiazole rings is 1. The average molecular weight is 462 g/mol. The van der Waals surface area contributed by atoms with Gasteiger partial charge in [0.2, 0.25) is 0 Å². The lowest BCUT2D eigenvalue weighted by atomic mass is 10.1. The molecule has 8 nitrogen and oxygen atoms in total. The lowest BCUT2D eigenvalue weighted by Gasteiger charge is -2.23. The van der Waals surface area contributed by atoms with E-state index in [0.717, 1.165) is 26.4 Å². The number of amides is 2. The molecule has 168 valence electrons. The van der Waals surface area contributed by atoms with E-state index in [4.69, 9.17) is 4.74 Å². The molecule has 3 heterocycles. The molecule has 0 bridgehead atoms. The zero-order valence-electron chi connectivity index (χ0n) is 18.3. The number of ether oxygens (including phenoxy) is 1. The maximum atomic E-state index is 13.5. The topological polar surface area (TPSA) is 100 Å². The number of para-hydroxylation sites is 1. The highest BCUT2D eigenvalue weighted by molar-refractivity contribution is 7.15. The molecule has 0 spiro atoms. The van der Waals surface area contributed by atoms with Crippen molar-refractivity contribution < 1.29 is 14.3 Å². The lowest BCUT2D eigenvalue weighted by molar-refractivity contribution is 0.0277. The standard InChI is InChI=1S/C24H23N5O3S/c1-14-5-3-6-16(11-14)22-21(27-15(2)33-22)24(31)29-9-10-32-19(29)13-25-23(30)18-8-4-7-17-12-26-28-20(17)18/h3-8,11-12,19H,9-10,13H2,1-2H3,(H,25,30)(H,26,28). The van der Waals surface area contributed by atoms with Crippen molar-refractivity contribution in [3.8, 4) is 10.4 Å². The number of nitrogens with zero attached hydrogens (tertiary/aromatic N) is 3. The molecule has 1 fully saturated rings. The van der Waals surface area contributed by atoms with E-state index in [0.29, 0.717) is 29.9 Å². The number of aromatic amines is 1. The lowest BCUT2D eigenvalue weighted by Crippen LogP contribution is -2.44. The van der Waals surface area contributed by atoms with Crippen molar-refractivity contribution in [3.05, 3.63) is 70.5 Å².